The average molecular weight is 812 g/mol. The molecule has 0 saturated carbocycles. The first-order valence-corrected chi connectivity index (χ1v) is 19.5. The molecule has 1 fully saturated rings. The third-order valence-electron chi connectivity index (χ3n) is 9.82. The lowest BCUT2D eigenvalue weighted by molar-refractivity contribution is -0.115. The van der Waals surface area contributed by atoms with Gasteiger partial charge in [0.05, 0.1) is 22.2 Å². The number of benzene rings is 5. The Balaban J connectivity index is 1.10. The third-order valence-corrected chi connectivity index (χ3v) is 11.9. The van der Waals surface area contributed by atoms with Gasteiger partial charge >= 0.3 is 0 Å². The lowest BCUT2D eigenvalue weighted by atomic mass is 9.76. The molecule has 0 radical (unpaired) electrons. The summed E-state index contributed by atoms with van der Waals surface area (Å²) in [6.45, 7) is 2.28. The zero-order chi connectivity index (χ0) is 35.8. The van der Waals surface area contributed by atoms with E-state index in [0.717, 1.165) is 42.7 Å². The standard InChI is InChI=1S/C42H34BrCl2N3O3S/c1-50-37-19-25(18-35(43)40(37)51-24-28-12-13-29(44)21-36(28)45)20-38-41(49)47-42(52-38)46-30-22-33-31(26-8-4-2-5-9-26)14-16-48-17-15-32(34(23-30)39(33)48)27-10-6-3-7-11-27/h2-13,18-23,31-32H,14-17,24H2,1H3,(H,46,47,49)/b38-20-/t31-,32-/m1/s1. The molecule has 0 unspecified atom stereocenters. The minimum atomic E-state index is -0.202. The van der Waals surface area contributed by atoms with Crippen molar-refractivity contribution in [2.45, 2.75) is 31.3 Å². The normalized spacial score (nSPS) is 19.5. The van der Waals surface area contributed by atoms with Gasteiger partial charge in [0.15, 0.2) is 16.7 Å². The third kappa shape index (κ3) is 7.09. The van der Waals surface area contributed by atoms with Crippen LogP contribution >= 0.6 is 50.9 Å². The summed E-state index contributed by atoms with van der Waals surface area (Å²) in [7, 11) is 1.58. The molecule has 5 aromatic carbocycles. The van der Waals surface area contributed by atoms with E-state index in [4.69, 9.17) is 37.7 Å². The number of hydrogen-bond acceptors (Lipinski definition) is 6. The van der Waals surface area contributed by atoms with E-state index in [1.165, 1.54) is 39.7 Å². The first-order chi connectivity index (χ1) is 25.3. The monoisotopic (exact) mass is 809 g/mol. The van der Waals surface area contributed by atoms with E-state index in [1.807, 2.05) is 24.3 Å². The van der Waals surface area contributed by atoms with Crippen LogP contribution in [0.15, 0.2) is 117 Å². The van der Waals surface area contributed by atoms with Crippen LogP contribution in [-0.2, 0) is 11.4 Å². The Morgan fingerprint density at radius 3 is 2.17 bits per heavy atom. The lowest BCUT2D eigenvalue weighted by Crippen LogP contribution is -2.37. The molecular formula is C42H34BrCl2N3O3S. The Kier molecular flexibility index (Phi) is 10.1. The Hall–Kier alpha value is -4.21. The molecule has 1 amide bonds. The Morgan fingerprint density at radius 2 is 1.56 bits per heavy atom. The van der Waals surface area contributed by atoms with E-state index in [1.54, 1.807) is 19.2 Å². The highest BCUT2D eigenvalue weighted by molar-refractivity contribution is 9.10. The number of amidine groups is 1. The molecule has 262 valence electrons. The van der Waals surface area contributed by atoms with Crippen LogP contribution in [0, 0.1) is 0 Å². The molecule has 0 aromatic heterocycles. The number of thioether (sulfide) groups is 1. The molecule has 5 aromatic rings. The predicted octanol–water partition coefficient (Wildman–Crippen LogP) is 11.1. The summed E-state index contributed by atoms with van der Waals surface area (Å²) in [5.74, 6) is 1.38. The van der Waals surface area contributed by atoms with Crippen molar-refractivity contribution in [3.8, 4) is 11.5 Å². The second-order valence-corrected chi connectivity index (χ2v) is 15.7. The largest absolute Gasteiger partial charge is 0.493 e. The summed E-state index contributed by atoms with van der Waals surface area (Å²) in [6.07, 6.45) is 3.92. The Bertz CT molecular complexity index is 2160. The molecule has 3 aliphatic heterocycles. The molecule has 0 aliphatic carbocycles. The summed E-state index contributed by atoms with van der Waals surface area (Å²) in [6, 6.07) is 35.0. The van der Waals surface area contributed by atoms with Gasteiger partial charge in [0, 0.05) is 46.2 Å². The van der Waals surface area contributed by atoms with Gasteiger partial charge in [0.1, 0.15) is 6.61 Å². The van der Waals surface area contributed by atoms with Gasteiger partial charge in [-0.05, 0) is 111 Å². The van der Waals surface area contributed by atoms with E-state index >= 15 is 0 Å². The quantitative estimate of drug-likeness (QED) is 0.158. The maximum atomic E-state index is 13.3. The van der Waals surface area contributed by atoms with Crippen LogP contribution in [0.5, 0.6) is 11.5 Å². The van der Waals surface area contributed by atoms with Crippen LogP contribution in [0.1, 0.15) is 58.1 Å². The summed E-state index contributed by atoms with van der Waals surface area (Å²) >= 11 is 17.4. The molecule has 52 heavy (non-hydrogen) atoms. The lowest BCUT2D eigenvalue weighted by Gasteiger charge is -2.43. The van der Waals surface area contributed by atoms with Crippen molar-refractivity contribution < 1.29 is 14.3 Å². The minimum absolute atomic E-state index is 0.202. The number of amides is 1. The van der Waals surface area contributed by atoms with Gasteiger partial charge in [-0.3, -0.25) is 4.79 Å². The maximum Gasteiger partial charge on any atom is 0.264 e. The van der Waals surface area contributed by atoms with Crippen LogP contribution in [-0.4, -0.2) is 31.3 Å². The molecule has 1 saturated heterocycles. The van der Waals surface area contributed by atoms with Crippen molar-refractivity contribution in [2.24, 2.45) is 4.99 Å². The highest BCUT2D eigenvalue weighted by atomic mass is 79.9. The van der Waals surface area contributed by atoms with Gasteiger partial charge in [0.2, 0.25) is 0 Å². The minimum Gasteiger partial charge on any atom is -0.493 e. The Labute approximate surface area is 326 Å². The number of carbonyl (C=O) groups is 1. The van der Waals surface area contributed by atoms with E-state index < -0.39 is 0 Å². The van der Waals surface area contributed by atoms with Crippen LogP contribution in [0.2, 0.25) is 10.0 Å². The SMILES string of the molecule is COc1cc(/C=C2\SC(=Nc3cc4c5c(c3)[C@@H](c3ccccc3)CCN5CC[C@@H]4c3ccccc3)NC2=O)cc(Br)c1OCc1ccc(Cl)cc1Cl. The molecule has 0 spiro atoms. The van der Waals surface area contributed by atoms with Gasteiger partial charge in [-0.15, -0.1) is 0 Å². The average Bonchev–Trinajstić information content (AvgIpc) is 3.49. The van der Waals surface area contributed by atoms with Crippen molar-refractivity contribution in [1.29, 1.82) is 0 Å². The van der Waals surface area contributed by atoms with Gasteiger partial charge in [-0.2, -0.15) is 0 Å². The molecule has 3 aliphatic rings. The number of ether oxygens (including phenoxy) is 2. The molecule has 8 rings (SSSR count). The van der Waals surface area contributed by atoms with Crippen molar-refractivity contribution in [3.63, 3.8) is 0 Å². The van der Waals surface area contributed by atoms with E-state index in [2.05, 4.69) is 98.9 Å². The molecule has 2 atom stereocenters. The van der Waals surface area contributed by atoms with Crippen LogP contribution in [0.25, 0.3) is 6.08 Å². The first-order valence-electron chi connectivity index (χ1n) is 17.1. The Morgan fingerprint density at radius 1 is 0.904 bits per heavy atom. The highest BCUT2D eigenvalue weighted by Crippen LogP contribution is 2.50. The summed E-state index contributed by atoms with van der Waals surface area (Å²) < 4.78 is 12.5. The zero-order valence-corrected chi connectivity index (χ0v) is 32.2. The van der Waals surface area contributed by atoms with Crippen molar-refractivity contribution in [2.75, 3.05) is 25.1 Å². The zero-order valence-electron chi connectivity index (χ0n) is 28.2. The molecule has 6 nitrogen and oxygen atoms in total. The van der Waals surface area contributed by atoms with Crippen molar-refractivity contribution >= 4 is 79.4 Å². The van der Waals surface area contributed by atoms with E-state index in [0.29, 0.717) is 36.1 Å². The predicted molar refractivity (Wildman–Crippen MR) is 217 cm³/mol. The molecule has 1 N–H and O–H groups in total. The van der Waals surface area contributed by atoms with Crippen molar-refractivity contribution in [3.05, 3.63) is 156 Å². The summed E-state index contributed by atoms with van der Waals surface area (Å²) in [4.78, 5) is 21.5. The number of nitrogens with one attached hydrogen (secondary N) is 1. The fourth-order valence-corrected chi connectivity index (χ4v) is 9.28. The van der Waals surface area contributed by atoms with Gasteiger partial charge in [0.25, 0.3) is 5.91 Å². The van der Waals surface area contributed by atoms with Crippen LogP contribution in [0.4, 0.5) is 11.4 Å². The van der Waals surface area contributed by atoms with Crippen LogP contribution < -0.4 is 19.7 Å². The number of carbonyl (C=O) groups excluding carboxylic acids is 1. The van der Waals surface area contributed by atoms with E-state index in [9.17, 15) is 4.79 Å². The fraction of sp³-hybridized carbons (Fsp3) is 0.190. The van der Waals surface area contributed by atoms with Crippen molar-refractivity contribution in [1.82, 2.24) is 5.32 Å². The number of nitrogens with zero attached hydrogens (tertiary/aromatic N) is 2. The number of methoxy groups -OCH3 is 1. The van der Waals surface area contributed by atoms with Crippen LogP contribution in [0.3, 0.4) is 0 Å². The molecule has 10 heteroatoms. The first kappa shape index (κ1) is 34.9. The molecule has 0 bridgehead atoms. The fourth-order valence-electron chi connectivity index (χ4n) is 7.41. The van der Waals surface area contributed by atoms with Gasteiger partial charge in [-0.25, -0.2) is 4.99 Å². The highest BCUT2D eigenvalue weighted by Gasteiger charge is 2.35. The summed E-state index contributed by atoms with van der Waals surface area (Å²) in [5.41, 5.74) is 8.99. The topological polar surface area (TPSA) is 63.2 Å². The van der Waals surface area contributed by atoms with E-state index in [-0.39, 0.29) is 24.3 Å². The summed E-state index contributed by atoms with van der Waals surface area (Å²) in [5, 5.41) is 4.64. The number of aliphatic imine (C=N–C) groups is 1. The smallest absolute Gasteiger partial charge is 0.264 e. The second kappa shape index (κ2) is 15.0. The second-order valence-electron chi connectivity index (χ2n) is 13.0. The number of rotatable bonds is 8. The number of halogens is 3. The molecular weight excluding hydrogens is 777 g/mol. The maximum absolute atomic E-state index is 13.3. The molecule has 3 heterocycles. The van der Waals surface area contributed by atoms with Gasteiger partial charge < -0.3 is 19.7 Å². The van der Waals surface area contributed by atoms with Gasteiger partial charge in [-0.1, -0.05) is 89.9 Å². The number of anilines is 1. The number of hydrogen-bond donors (Lipinski definition) is 1.